The van der Waals surface area contributed by atoms with Crippen LogP contribution in [0.2, 0.25) is 0 Å². The minimum absolute atomic E-state index is 0. The molecule has 0 spiro atoms. The fraction of sp³-hybridized carbons (Fsp3) is 0.412. The molecule has 0 bridgehead atoms. The number of aryl methyl sites for hydroxylation is 1. The Bertz CT molecular complexity index is 1690. The lowest BCUT2D eigenvalue weighted by Crippen LogP contribution is -2.52. The van der Waals surface area contributed by atoms with Crippen LogP contribution in [-0.4, -0.2) is 76.2 Å². The molecular weight excluding hydrogens is 635 g/mol. The van der Waals surface area contributed by atoms with E-state index in [9.17, 15) is 9.59 Å². The van der Waals surface area contributed by atoms with E-state index < -0.39 is 17.8 Å². The highest BCUT2D eigenvalue weighted by Gasteiger charge is 2.36. The van der Waals surface area contributed by atoms with Gasteiger partial charge in [-0.3, -0.25) is 14.5 Å². The Morgan fingerprint density at radius 3 is 2.38 bits per heavy atom. The van der Waals surface area contributed by atoms with Crippen LogP contribution in [0, 0.1) is 24.6 Å². The third kappa shape index (κ3) is 7.64. The number of nitrogens with one attached hydrogen (secondary N) is 2. The third-order valence-corrected chi connectivity index (χ3v) is 9.46. The van der Waals surface area contributed by atoms with Crippen LogP contribution < -0.4 is 26.6 Å². The van der Waals surface area contributed by atoms with Gasteiger partial charge in [-0.25, -0.2) is 9.37 Å². The minimum atomic E-state index is -1.04. The largest absolute Gasteiger partial charge is 0.368 e. The number of primary amides is 1. The van der Waals surface area contributed by atoms with Crippen LogP contribution in [0.5, 0.6) is 0 Å². The van der Waals surface area contributed by atoms with Crippen LogP contribution in [-0.2, 0) is 16.0 Å². The molecule has 6 N–H and O–H groups in total. The summed E-state index contributed by atoms with van der Waals surface area (Å²) in [5.74, 6) is -0.487. The Kier molecular flexibility index (Phi) is 11.3. The number of benzene rings is 2. The average molecular weight is 677 g/mol. The molecule has 14 heteroatoms. The number of hydrogen-bond donors (Lipinski definition) is 4. The van der Waals surface area contributed by atoms with E-state index in [4.69, 9.17) is 16.5 Å². The number of pyridine rings is 1. The second-order valence-corrected chi connectivity index (χ2v) is 12.5. The molecule has 2 aliphatic rings. The molecule has 12 nitrogen and oxygen atoms in total. The number of carbonyl (C=O) groups excluding carboxylic acids is 2. The van der Waals surface area contributed by atoms with Gasteiger partial charge in [-0.1, -0.05) is 24.3 Å². The predicted molar refractivity (Wildman–Crippen MR) is 185 cm³/mol. The number of rotatable bonds is 10. The molecule has 0 unspecified atom stereocenters. The average Bonchev–Trinajstić information content (AvgIpc) is 3.63. The second-order valence-electron chi connectivity index (χ2n) is 12.5. The summed E-state index contributed by atoms with van der Waals surface area (Å²) in [5.41, 5.74) is 16.2. The van der Waals surface area contributed by atoms with Gasteiger partial charge in [-0.2, -0.15) is 5.21 Å². The molecule has 1 atom stereocenters. The maximum atomic E-state index is 15.4. The van der Waals surface area contributed by atoms with Crippen molar-refractivity contribution < 1.29 is 14.0 Å². The van der Waals surface area contributed by atoms with Gasteiger partial charge in [0.15, 0.2) is 0 Å². The van der Waals surface area contributed by atoms with Crippen molar-refractivity contribution >= 4 is 35.7 Å². The third-order valence-electron chi connectivity index (χ3n) is 9.46. The molecule has 0 radical (unpaired) electrons. The molecule has 2 fully saturated rings. The summed E-state index contributed by atoms with van der Waals surface area (Å²) in [6, 6.07) is 13.2. The zero-order valence-corrected chi connectivity index (χ0v) is 27.8. The monoisotopic (exact) mass is 676 g/mol. The molecule has 6 rings (SSSR count). The number of piperazine rings is 1. The molecular formula is C34H42ClFN10O2. The van der Waals surface area contributed by atoms with E-state index in [0.29, 0.717) is 25.3 Å². The van der Waals surface area contributed by atoms with E-state index >= 15 is 4.39 Å². The van der Waals surface area contributed by atoms with Crippen LogP contribution in [0.15, 0.2) is 54.7 Å². The van der Waals surface area contributed by atoms with Crippen molar-refractivity contribution in [3.05, 3.63) is 71.7 Å². The number of aromatic nitrogens is 5. The Morgan fingerprint density at radius 1 is 1.04 bits per heavy atom. The first-order valence-corrected chi connectivity index (χ1v) is 16.2. The number of halogens is 2. The van der Waals surface area contributed by atoms with E-state index in [1.54, 1.807) is 6.07 Å². The van der Waals surface area contributed by atoms with Crippen LogP contribution in [0.1, 0.15) is 36.8 Å². The van der Waals surface area contributed by atoms with E-state index in [2.05, 4.69) is 43.8 Å². The number of H-pyrrole nitrogens is 1. The SMILES string of the molecule is Cc1cc(N2CCNCC2)ncc1-c1ccc(C[C@@H](C(N)=O)N(C(=O)C2CCC(CN)CC2)c2ccc(-c3nn[nH]n3)c(F)c2)cc1.Cl. The lowest BCUT2D eigenvalue weighted by molar-refractivity contribution is -0.127. The number of hydrogen-bond acceptors (Lipinski definition) is 9. The quantitative estimate of drug-likeness (QED) is 0.196. The van der Waals surface area contributed by atoms with Gasteiger partial charge in [-0.15, -0.1) is 22.6 Å². The summed E-state index contributed by atoms with van der Waals surface area (Å²) in [4.78, 5) is 35.7. The van der Waals surface area contributed by atoms with Gasteiger partial charge in [0.1, 0.15) is 17.7 Å². The van der Waals surface area contributed by atoms with Gasteiger partial charge in [-0.05, 0) is 91.2 Å². The maximum absolute atomic E-state index is 15.4. The molecule has 48 heavy (non-hydrogen) atoms. The van der Waals surface area contributed by atoms with E-state index in [1.165, 1.54) is 17.0 Å². The fourth-order valence-electron chi connectivity index (χ4n) is 6.69. The van der Waals surface area contributed by atoms with Crippen molar-refractivity contribution in [1.82, 2.24) is 30.9 Å². The highest BCUT2D eigenvalue weighted by atomic mass is 35.5. The Labute approximate surface area is 285 Å². The number of anilines is 2. The summed E-state index contributed by atoms with van der Waals surface area (Å²) in [5, 5.41) is 16.9. The van der Waals surface area contributed by atoms with Crippen molar-refractivity contribution in [2.24, 2.45) is 23.3 Å². The molecule has 2 aromatic carbocycles. The Morgan fingerprint density at radius 2 is 1.77 bits per heavy atom. The number of tetrazole rings is 1. The lowest BCUT2D eigenvalue weighted by atomic mass is 9.81. The van der Waals surface area contributed by atoms with Gasteiger partial charge in [0.05, 0.1) is 5.56 Å². The van der Waals surface area contributed by atoms with Gasteiger partial charge >= 0.3 is 0 Å². The van der Waals surface area contributed by atoms with Crippen molar-refractivity contribution in [1.29, 1.82) is 0 Å². The first-order valence-electron chi connectivity index (χ1n) is 16.2. The second kappa shape index (κ2) is 15.6. The van der Waals surface area contributed by atoms with E-state index in [1.807, 2.05) is 30.5 Å². The number of aromatic amines is 1. The molecule has 2 aromatic heterocycles. The molecule has 1 saturated carbocycles. The van der Waals surface area contributed by atoms with Crippen molar-refractivity contribution in [2.75, 3.05) is 42.5 Å². The molecule has 4 aromatic rings. The standard InChI is InChI=1S/C34H41FN10O2.ClH/c1-21-16-31(44-14-12-38-13-15-44)39-20-28(21)24-6-2-22(3-7-24)17-30(32(37)46)45(34(47)25-8-4-23(19-36)5-9-25)26-10-11-27(29(35)18-26)33-40-42-43-41-33;/h2-3,6-7,10-11,16,18,20,23,25,30,38H,4-5,8-9,12-15,17,19,36H2,1H3,(H2,37,46)(H,40,41,42,43);1H/t23?,25?,30-;/m0./s1. The number of carbonyl (C=O) groups is 2. The molecule has 1 aliphatic carbocycles. The van der Waals surface area contributed by atoms with E-state index in [0.717, 1.165) is 67.1 Å². The van der Waals surface area contributed by atoms with Crippen molar-refractivity contribution in [3.8, 4) is 22.5 Å². The summed E-state index contributed by atoms with van der Waals surface area (Å²) in [6.07, 6.45) is 4.98. The van der Waals surface area contributed by atoms with Crippen LogP contribution in [0.25, 0.3) is 22.5 Å². The number of nitrogens with zero attached hydrogens (tertiary/aromatic N) is 6. The number of amides is 2. The van der Waals surface area contributed by atoms with E-state index in [-0.39, 0.29) is 47.7 Å². The summed E-state index contributed by atoms with van der Waals surface area (Å²) in [6.45, 7) is 6.37. The van der Waals surface area contributed by atoms with Crippen LogP contribution in [0.3, 0.4) is 0 Å². The van der Waals surface area contributed by atoms with Gasteiger partial charge in [0, 0.05) is 56.0 Å². The summed E-state index contributed by atoms with van der Waals surface area (Å²) >= 11 is 0. The Hall–Kier alpha value is -4.46. The smallest absolute Gasteiger partial charge is 0.240 e. The number of nitrogens with two attached hydrogens (primary N) is 2. The van der Waals surface area contributed by atoms with Crippen molar-refractivity contribution in [2.45, 2.75) is 45.1 Å². The first-order chi connectivity index (χ1) is 22.8. The van der Waals surface area contributed by atoms with Gasteiger partial charge in [0.2, 0.25) is 17.6 Å². The zero-order valence-electron chi connectivity index (χ0n) is 26.9. The summed E-state index contributed by atoms with van der Waals surface area (Å²) < 4.78 is 15.4. The topological polar surface area (TPSA) is 172 Å². The zero-order chi connectivity index (χ0) is 32.9. The van der Waals surface area contributed by atoms with Crippen molar-refractivity contribution in [3.63, 3.8) is 0 Å². The van der Waals surface area contributed by atoms with Gasteiger partial charge < -0.3 is 21.7 Å². The normalized spacial score (nSPS) is 18.5. The lowest BCUT2D eigenvalue weighted by Gasteiger charge is -2.35. The minimum Gasteiger partial charge on any atom is -0.368 e. The Balaban J connectivity index is 0.00000451. The molecule has 1 aliphatic heterocycles. The molecule has 254 valence electrons. The first kappa shape index (κ1) is 34.9. The molecule has 2 amide bonds. The van der Waals surface area contributed by atoms with Crippen LogP contribution >= 0.6 is 12.4 Å². The fourth-order valence-corrected chi connectivity index (χ4v) is 6.69. The molecule has 1 saturated heterocycles. The van der Waals surface area contributed by atoms with Gasteiger partial charge in [0.25, 0.3) is 0 Å². The van der Waals surface area contributed by atoms with Crippen LogP contribution in [0.4, 0.5) is 15.9 Å². The maximum Gasteiger partial charge on any atom is 0.240 e. The predicted octanol–water partition coefficient (Wildman–Crippen LogP) is 3.40. The molecule has 3 heterocycles. The highest BCUT2D eigenvalue weighted by molar-refractivity contribution is 6.02. The summed E-state index contributed by atoms with van der Waals surface area (Å²) in [7, 11) is 0. The highest BCUT2D eigenvalue weighted by Crippen LogP contribution is 2.34.